The van der Waals surface area contributed by atoms with Crippen molar-refractivity contribution in [2.45, 2.75) is 24.3 Å². The summed E-state index contributed by atoms with van der Waals surface area (Å²) in [6.07, 6.45) is 2.69. The van der Waals surface area contributed by atoms with Crippen LogP contribution in [0.4, 0.5) is 0 Å². The third kappa shape index (κ3) is 4.63. The minimum atomic E-state index is -3.60. The Kier molecular flexibility index (Phi) is 6.62. The Morgan fingerprint density at radius 3 is 2.45 bits per heavy atom. The molecule has 0 aliphatic carbocycles. The van der Waals surface area contributed by atoms with E-state index in [1.54, 1.807) is 38.5 Å². The summed E-state index contributed by atoms with van der Waals surface area (Å²) >= 11 is 0. The van der Waals surface area contributed by atoms with E-state index >= 15 is 0 Å². The Morgan fingerprint density at radius 1 is 1.17 bits per heavy atom. The lowest BCUT2D eigenvalue weighted by Gasteiger charge is -2.37. The highest BCUT2D eigenvalue weighted by atomic mass is 32.2. The van der Waals surface area contributed by atoms with Gasteiger partial charge in [-0.15, -0.1) is 6.58 Å². The van der Waals surface area contributed by atoms with Crippen LogP contribution in [0.1, 0.15) is 22.7 Å². The first-order valence-corrected chi connectivity index (χ1v) is 11.0. The van der Waals surface area contributed by atoms with Crippen molar-refractivity contribution in [1.29, 1.82) is 0 Å². The summed E-state index contributed by atoms with van der Waals surface area (Å²) in [7, 11) is -0.388. The van der Waals surface area contributed by atoms with Gasteiger partial charge in [0.05, 0.1) is 19.1 Å². The SMILES string of the molecule is C=CCN1CCc2cc(OC)c(OC)cc2C1CNS(=O)(=O)c1ccc(C)cc1. The molecule has 1 unspecified atom stereocenters. The molecule has 1 aliphatic rings. The molecular weight excluding hydrogens is 388 g/mol. The van der Waals surface area contributed by atoms with Gasteiger partial charge in [-0.25, -0.2) is 13.1 Å². The smallest absolute Gasteiger partial charge is 0.240 e. The summed E-state index contributed by atoms with van der Waals surface area (Å²) in [5.41, 5.74) is 3.20. The van der Waals surface area contributed by atoms with Gasteiger partial charge in [-0.2, -0.15) is 0 Å². The second kappa shape index (κ2) is 8.98. The molecule has 2 aromatic carbocycles. The van der Waals surface area contributed by atoms with Gasteiger partial charge in [0.15, 0.2) is 11.5 Å². The number of ether oxygens (including phenoxy) is 2. The lowest BCUT2D eigenvalue weighted by molar-refractivity contribution is 0.206. The zero-order valence-corrected chi connectivity index (χ0v) is 18.0. The van der Waals surface area contributed by atoms with Crippen LogP contribution < -0.4 is 14.2 Å². The van der Waals surface area contributed by atoms with Crippen LogP contribution in [0.5, 0.6) is 11.5 Å². The predicted molar refractivity (Wildman–Crippen MR) is 114 cm³/mol. The summed E-state index contributed by atoms with van der Waals surface area (Å²) < 4.78 is 39.3. The van der Waals surface area contributed by atoms with Crippen LogP contribution in [0.3, 0.4) is 0 Å². The molecule has 7 heteroatoms. The number of hydrogen-bond donors (Lipinski definition) is 1. The first-order valence-electron chi connectivity index (χ1n) is 9.55. The molecule has 1 aliphatic heterocycles. The van der Waals surface area contributed by atoms with Crippen molar-refractivity contribution < 1.29 is 17.9 Å². The Bertz CT molecular complexity index is 971. The second-order valence-electron chi connectivity index (χ2n) is 7.12. The van der Waals surface area contributed by atoms with Crippen molar-refractivity contribution >= 4 is 10.0 Å². The first kappa shape index (κ1) is 21.4. The molecule has 1 atom stereocenters. The molecule has 0 aromatic heterocycles. The third-order valence-electron chi connectivity index (χ3n) is 5.28. The molecule has 156 valence electrons. The van der Waals surface area contributed by atoms with Gasteiger partial charge in [0.25, 0.3) is 0 Å². The molecule has 2 aromatic rings. The average molecular weight is 417 g/mol. The van der Waals surface area contributed by atoms with Gasteiger partial charge < -0.3 is 9.47 Å². The largest absolute Gasteiger partial charge is 0.493 e. The van der Waals surface area contributed by atoms with Gasteiger partial charge >= 0.3 is 0 Å². The van der Waals surface area contributed by atoms with Gasteiger partial charge in [0, 0.05) is 25.7 Å². The Labute approximate surface area is 173 Å². The fraction of sp³-hybridized carbons (Fsp3) is 0.364. The number of methoxy groups -OCH3 is 2. The number of sulfonamides is 1. The number of nitrogens with zero attached hydrogens (tertiary/aromatic N) is 1. The van der Waals surface area contributed by atoms with Crippen LogP contribution in [0.25, 0.3) is 0 Å². The topological polar surface area (TPSA) is 67.9 Å². The van der Waals surface area contributed by atoms with Gasteiger partial charge in [0.1, 0.15) is 0 Å². The molecule has 3 rings (SSSR count). The maximum atomic E-state index is 12.8. The molecule has 0 bridgehead atoms. The number of rotatable bonds is 8. The molecule has 29 heavy (non-hydrogen) atoms. The van der Waals surface area contributed by atoms with Gasteiger partial charge in [-0.1, -0.05) is 23.8 Å². The van der Waals surface area contributed by atoms with Gasteiger partial charge in [-0.3, -0.25) is 4.90 Å². The van der Waals surface area contributed by atoms with E-state index < -0.39 is 10.0 Å². The van der Waals surface area contributed by atoms with Crippen molar-refractivity contribution in [3.05, 3.63) is 65.7 Å². The van der Waals surface area contributed by atoms with Crippen molar-refractivity contribution in [3.8, 4) is 11.5 Å². The zero-order valence-electron chi connectivity index (χ0n) is 17.1. The summed E-state index contributed by atoms with van der Waals surface area (Å²) in [6.45, 7) is 7.51. The van der Waals surface area contributed by atoms with E-state index in [4.69, 9.17) is 9.47 Å². The third-order valence-corrected chi connectivity index (χ3v) is 6.71. The fourth-order valence-corrected chi connectivity index (χ4v) is 4.73. The molecule has 0 spiro atoms. The van der Waals surface area contributed by atoms with Gasteiger partial charge in [0.2, 0.25) is 10.0 Å². The van der Waals surface area contributed by atoms with Crippen molar-refractivity contribution in [1.82, 2.24) is 9.62 Å². The maximum absolute atomic E-state index is 12.8. The van der Waals surface area contributed by atoms with Crippen LogP contribution in [-0.2, 0) is 16.4 Å². The van der Waals surface area contributed by atoms with Crippen molar-refractivity contribution in [2.75, 3.05) is 33.9 Å². The Hall–Kier alpha value is -2.35. The summed E-state index contributed by atoms with van der Waals surface area (Å²) in [5, 5.41) is 0. The maximum Gasteiger partial charge on any atom is 0.240 e. The molecule has 0 amide bonds. The Balaban J connectivity index is 1.91. The molecule has 6 nitrogen and oxygen atoms in total. The summed E-state index contributed by atoms with van der Waals surface area (Å²) in [4.78, 5) is 2.49. The van der Waals surface area contributed by atoms with E-state index in [2.05, 4.69) is 16.2 Å². The number of nitrogens with one attached hydrogen (secondary N) is 1. The fourth-order valence-electron chi connectivity index (χ4n) is 3.69. The van der Waals surface area contributed by atoms with E-state index in [1.807, 2.05) is 25.1 Å². The molecular formula is C22H28N2O4S. The standard InChI is InChI=1S/C22H28N2O4S/c1-5-11-24-12-10-17-13-21(27-3)22(28-4)14-19(17)20(24)15-23-29(25,26)18-8-6-16(2)7-9-18/h5-9,13-14,20,23H,1,10-12,15H2,2-4H3. The highest BCUT2D eigenvalue weighted by molar-refractivity contribution is 7.89. The number of hydrogen-bond acceptors (Lipinski definition) is 5. The molecule has 0 saturated carbocycles. The first-order chi connectivity index (χ1) is 13.9. The minimum Gasteiger partial charge on any atom is -0.493 e. The highest BCUT2D eigenvalue weighted by Crippen LogP contribution is 2.38. The van der Waals surface area contributed by atoms with Crippen molar-refractivity contribution in [2.24, 2.45) is 0 Å². The normalized spacial score (nSPS) is 16.9. The molecule has 0 fully saturated rings. The van der Waals surface area contributed by atoms with Crippen molar-refractivity contribution in [3.63, 3.8) is 0 Å². The van der Waals surface area contributed by atoms with E-state index in [0.717, 1.165) is 29.7 Å². The number of aryl methyl sites for hydroxylation is 1. The molecule has 1 heterocycles. The zero-order chi connectivity index (χ0) is 21.0. The monoisotopic (exact) mass is 416 g/mol. The lowest BCUT2D eigenvalue weighted by Crippen LogP contribution is -2.42. The summed E-state index contributed by atoms with van der Waals surface area (Å²) in [6, 6.07) is 10.7. The predicted octanol–water partition coefficient (Wildman–Crippen LogP) is 3.08. The van der Waals surface area contributed by atoms with E-state index in [0.29, 0.717) is 18.0 Å². The van der Waals surface area contributed by atoms with Crippen LogP contribution in [0, 0.1) is 6.92 Å². The minimum absolute atomic E-state index is 0.128. The van der Waals surface area contributed by atoms with Crippen LogP contribution in [0.15, 0.2) is 53.9 Å². The van der Waals surface area contributed by atoms with E-state index in [9.17, 15) is 8.42 Å². The summed E-state index contributed by atoms with van der Waals surface area (Å²) in [5.74, 6) is 1.32. The van der Waals surface area contributed by atoms with E-state index in [-0.39, 0.29) is 17.5 Å². The number of benzene rings is 2. The van der Waals surface area contributed by atoms with E-state index in [1.165, 1.54) is 0 Å². The average Bonchev–Trinajstić information content (AvgIpc) is 2.72. The Morgan fingerprint density at radius 2 is 1.83 bits per heavy atom. The van der Waals surface area contributed by atoms with Gasteiger partial charge in [-0.05, 0) is 48.7 Å². The molecule has 0 saturated heterocycles. The van der Waals surface area contributed by atoms with Crippen LogP contribution in [0.2, 0.25) is 0 Å². The van der Waals surface area contributed by atoms with Crippen LogP contribution in [-0.4, -0.2) is 47.2 Å². The highest BCUT2D eigenvalue weighted by Gasteiger charge is 2.29. The second-order valence-corrected chi connectivity index (χ2v) is 8.89. The molecule has 1 N–H and O–H groups in total. The van der Waals surface area contributed by atoms with Crippen LogP contribution >= 0.6 is 0 Å². The number of fused-ring (bicyclic) bond motifs is 1. The quantitative estimate of drug-likeness (QED) is 0.670. The molecule has 0 radical (unpaired) electrons. The lowest BCUT2D eigenvalue weighted by atomic mass is 9.92.